The summed E-state index contributed by atoms with van der Waals surface area (Å²) < 4.78 is 17.8. The highest BCUT2D eigenvalue weighted by molar-refractivity contribution is 6.30. The number of aliphatic hydroxyl groups excluding tert-OH is 1. The molecule has 1 aliphatic heterocycles. The Bertz CT molecular complexity index is 1380. The topological polar surface area (TPSA) is 118 Å². The molecule has 1 saturated heterocycles. The zero-order chi connectivity index (χ0) is 28.1. The molecule has 0 radical (unpaired) electrons. The lowest BCUT2D eigenvalue weighted by Crippen LogP contribution is -2.50. The largest absolute Gasteiger partial charge is 0.391 e. The summed E-state index contributed by atoms with van der Waals surface area (Å²) >= 11 is 5.90. The Labute approximate surface area is 231 Å². The molecule has 3 heterocycles. The fourth-order valence-electron chi connectivity index (χ4n) is 5.13. The molecule has 12 heteroatoms. The summed E-state index contributed by atoms with van der Waals surface area (Å²) in [7, 11) is 0. The van der Waals surface area contributed by atoms with Crippen molar-refractivity contribution in [2.24, 2.45) is 5.41 Å². The molecule has 2 fully saturated rings. The Morgan fingerprint density at radius 2 is 1.97 bits per heavy atom. The van der Waals surface area contributed by atoms with Crippen LogP contribution in [0.15, 0.2) is 36.8 Å². The Morgan fingerprint density at radius 1 is 1.23 bits per heavy atom. The molecule has 0 bridgehead atoms. The highest BCUT2D eigenvalue weighted by Gasteiger charge is 2.45. The molecule has 1 aromatic carbocycles. The fraction of sp³-hybridized carbons (Fsp3) is 0.519. The second kappa shape index (κ2) is 10.3. The lowest BCUT2D eigenvalue weighted by atomic mass is 9.85. The van der Waals surface area contributed by atoms with Crippen molar-refractivity contribution in [1.29, 1.82) is 0 Å². The van der Waals surface area contributed by atoms with Crippen LogP contribution in [0.2, 0.25) is 5.02 Å². The van der Waals surface area contributed by atoms with Gasteiger partial charge in [0.25, 0.3) is 0 Å². The van der Waals surface area contributed by atoms with E-state index in [1.54, 1.807) is 23.7 Å². The number of halogens is 2. The number of nitrogens with zero attached hydrogens (tertiary/aromatic N) is 6. The number of carbonyl (C=O) groups is 2. The second-order valence-electron chi connectivity index (χ2n) is 11.6. The van der Waals surface area contributed by atoms with Gasteiger partial charge in [-0.1, -0.05) is 43.7 Å². The number of nitrogens with one attached hydrogen (secondary N) is 1. The van der Waals surface area contributed by atoms with E-state index >= 15 is 0 Å². The Morgan fingerprint density at radius 3 is 2.59 bits per heavy atom. The number of likely N-dealkylation sites (tertiary alicyclic amines) is 1. The second-order valence-corrected chi connectivity index (χ2v) is 12.0. The first-order valence-electron chi connectivity index (χ1n) is 13.1. The van der Waals surface area contributed by atoms with E-state index in [4.69, 9.17) is 11.6 Å². The van der Waals surface area contributed by atoms with Crippen LogP contribution in [0, 0.1) is 11.2 Å². The third-order valence-electron chi connectivity index (χ3n) is 7.34. The van der Waals surface area contributed by atoms with Crippen molar-refractivity contribution in [1.82, 2.24) is 35.0 Å². The van der Waals surface area contributed by atoms with Crippen LogP contribution in [0.3, 0.4) is 0 Å². The summed E-state index contributed by atoms with van der Waals surface area (Å²) in [6.07, 6.45) is 6.14. The predicted octanol–water partition coefficient (Wildman–Crippen LogP) is 3.56. The monoisotopic (exact) mass is 557 g/mol. The van der Waals surface area contributed by atoms with Crippen LogP contribution in [-0.2, 0) is 9.59 Å². The molecule has 2 amide bonds. The first-order chi connectivity index (χ1) is 18.4. The fourth-order valence-corrected chi connectivity index (χ4v) is 5.27. The van der Waals surface area contributed by atoms with Crippen LogP contribution in [0.25, 0.3) is 5.69 Å². The molecule has 2 N–H and O–H groups in total. The standard InChI is InChI=1S/C27H33ClFN7O3/c1-15(17-7-8-22(20(29)9-17)35-12-18(28)11-30-35)31-25(38)23-10-19(37)13-34(23)26(39)24(27(2,3)4)36-14-21(32-33-36)16-5-6-16/h7-9,11-12,14-16,19,23-24,37H,5-6,10,13H2,1-4H3,(H,31,38)/t15?,19-,23+,24-/m0/s1. The lowest BCUT2D eigenvalue weighted by molar-refractivity contribution is -0.144. The number of aromatic nitrogens is 5. The summed E-state index contributed by atoms with van der Waals surface area (Å²) in [5.74, 6) is -0.847. The molecule has 1 aliphatic carbocycles. The molecule has 2 aliphatic rings. The van der Waals surface area contributed by atoms with Gasteiger partial charge in [-0.15, -0.1) is 5.10 Å². The molecule has 4 atom stereocenters. The molecule has 2 aromatic heterocycles. The molecule has 5 rings (SSSR count). The van der Waals surface area contributed by atoms with E-state index < -0.39 is 41.4 Å². The van der Waals surface area contributed by atoms with Crippen LogP contribution in [-0.4, -0.2) is 65.3 Å². The Hall–Kier alpha value is -3.31. The third kappa shape index (κ3) is 5.69. The van der Waals surface area contributed by atoms with Gasteiger partial charge in [0, 0.05) is 31.3 Å². The van der Waals surface area contributed by atoms with Crippen molar-refractivity contribution in [3.63, 3.8) is 0 Å². The van der Waals surface area contributed by atoms with E-state index in [9.17, 15) is 19.1 Å². The van der Waals surface area contributed by atoms with E-state index in [0.717, 1.165) is 18.5 Å². The highest BCUT2D eigenvalue weighted by atomic mass is 35.5. The van der Waals surface area contributed by atoms with E-state index in [1.807, 2.05) is 27.0 Å². The van der Waals surface area contributed by atoms with Crippen LogP contribution in [0.4, 0.5) is 4.39 Å². The van der Waals surface area contributed by atoms with Gasteiger partial charge in [-0.2, -0.15) is 5.10 Å². The lowest BCUT2D eigenvalue weighted by Gasteiger charge is -2.34. The molecule has 39 heavy (non-hydrogen) atoms. The number of hydrogen-bond donors (Lipinski definition) is 2. The molecule has 3 aromatic rings. The number of carbonyl (C=O) groups excluding carboxylic acids is 2. The summed E-state index contributed by atoms with van der Waals surface area (Å²) in [5.41, 5.74) is 1.12. The van der Waals surface area contributed by atoms with Crippen molar-refractivity contribution < 1.29 is 19.1 Å². The maximum absolute atomic E-state index is 14.9. The molecular weight excluding hydrogens is 525 g/mol. The van der Waals surface area contributed by atoms with Crippen LogP contribution >= 0.6 is 11.6 Å². The average Bonchev–Trinajstić information content (AvgIpc) is 3.23. The van der Waals surface area contributed by atoms with Gasteiger partial charge in [-0.05, 0) is 42.9 Å². The van der Waals surface area contributed by atoms with Gasteiger partial charge < -0.3 is 15.3 Å². The number of amides is 2. The summed E-state index contributed by atoms with van der Waals surface area (Å²) in [6.45, 7) is 7.59. The summed E-state index contributed by atoms with van der Waals surface area (Å²) in [5, 5.41) is 26.3. The maximum Gasteiger partial charge on any atom is 0.248 e. The Balaban J connectivity index is 1.32. The molecule has 0 spiro atoms. The van der Waals surface area contributed by atoms with Crippen LogP contribution in [0.1, 0.15) is 76.2 Å². The maximum atomic E-state index is 14.9. The minimum Gasteiger partial charge on any atom is -0.391 e. The van der Waals surface area contributed by atoms with E-state index in [1.165, 1.54) is 28.0 Å². The number of rotatable bonds is 7. The van der Waals surface area contributed by atoms with E-state index in [0.29, 0.717) is 16.5 Å². The van der Waals surface area contributed by atoms with Crippen molar-refractivity contribution >= 4 is 23.4 Å². The van der Waals surface area contributed by atoms with Crippen molar-refractivity contribution in [2.75, 3.05) is 6.54 Å². The van der Waals surface area contributed by atoms with Gasteiger partial charge in [0.05, 0.1) is 29.1 Å². The summed E-state index contributed by atoms with van der Waals surface area (Å²) in [6, 6.07) is 2.47. The average molecular weight is 558 g/mol. The zero-order valence-electron chi connectivity index (χ0n) is 22.4. The summed E-state index contributed by atoms with van der Waals surface area (Å²) in [4.78, 5) is 28.7. The highest BCUT2D eigenvalue weighted by Crippen LogP contribution is 2.40. The number of benzene rings is 1. The van der Waals surface area contributed by atoms with Gasteiger partial charge >= 0.3 is 0 Å². The molecule has 1 saturated carbocycles. The Kier molecular flexibility index (Phi) is 7.23. The van der Waals surface area contributed by atoms with E-state index in [2.05, 4.69) is 20.7 Å². The van der Waals surface area contributed by atoms with Crippen LogP contribution in [0.5, 0.6) is 0 Å². The first-order valence-corrected chi connectivity index (χ1v) is 13.5. The minimum atomic E-state index is -0.874. The van der Waals surface area contributed by atoms with Crippen molar-refractivity contribution in [2.45, 2.75) is 77.1 Å². The first kappa shape index (κ1) is 27.3. The molecule has 208 valence electrons. The smallest absolute Gasteiger partial charge is 0.248 e. The van der Waals surface area contributed by atoms with Crippen LogP contribution < -0.4 is 5.32 Å². The number of aliphatic hydroxyl groups is 1. The molecule has 1 unspecified atom stereocenters. The van der Waals surface area contributed by atoms with E-state index in [-0.39, 0.29) is 24.6 Å². The number of hydrogen-bond acceptors (Lipinski definition) is 6. The predicted molar refractivity (Wildman–Crippen MR) is 142 cm³/mol. The minimum absolute atomic E-state index is 0.0395. The van der Waals surface area contributed by atoms with Gasteiger partial charge in [0.2, 0.25) is 11.8 Å². The van der Waals surface area contributed by atoms with Gasteiger partial charge in [-0.25, -0.2) is 13.8 Å². The number of β-amino-alcohol motifs (C(OH)–C–C–N with tert-alkyl or cyclic N) is 1. The normalized spacial score (nSPS) is 21.2. The SMILES string of the molecule is CC(NC(=O)[C@H]1C[C@H](O)CN1C(=O)[C@H](n1cc(C2CC2)nn1)C(C)(C)C)c1ccc(-n2cc(Cl)cn2)c(F)c1. The molecular formula is C27H33ClFN7O3. The molecule has 10 nitrogen and oxygen atoms in total. The van der Waals surface area contributed by atoms with Gasteiger partial charge in [0.15, 0.2) is 0 Å². The van der Waals surface area contributed by atoms with Gasteiger partial charge in [-0.3, -0.25) is 9.59 Å². The van der Waals surface area contributed by atoms with Crippen molar-refractivity contribution in [3.05, 3.63) is 58.9 Å². The third-order valence-corrected chi connectivity index (χ3v) is 7.53. The quantitative estimate of drug-likeness (QED) is 0.458. The van der Waals surface area contributed by atoms with Gasteiger partial charge in [0.1, 0.15) is 23.6 Å². The zero-order valence-corrected chi connectivity index (χ0v) is 23.1. The van der Waals surface area contributed by atoms with Crippen molar-refractivity contribution in [3.8, 4) is 5.69 Å².